The Bertz CT molecular complexity index is 101. The standard InChI is InChI=1S/C14H30O2/c1-2-16-14-12-10-8-6-4-3-5-7-9-11-13-15/h15H,2-14H2,1H3. The van der Waals surface area contributed by atoms with E-state index in [1.165, 1.54) is 57.8 Å². The third-order valence-corrected chi connectivity index (χ3v) is 2.90. The van der Waals surface area contributed by atoms with Gasteiger partial charge in [-0.2, -0.15) is 0 Å². The lowest BCUT2D eigenvalue weighted by atomic mass is 10.1. The van der Waals surface area contributed by atoms with E-state index in [-0.39, 0.29) is 0 Å². The van der Waals surface area contributed by atoms with Crippen molar-refractivity contribution < 1.29 is 9.84 Å². The average molecular weight is 230 g/mol. The van der Waals surface area contributed by atoms with Crippen LogP contribution in [0.1, 0.15) is 71.1 Å². The van der Waals surface area contributed by atoms with Gasteiger partial charge in [-0.3, -0.25) is 0 Å². The number of rotatable bonds is 13. The molecule has 0 radical (unpaired) electrons. The molecule has 16 heavy (non-hydrogen) atoms. The lowest BCUT2D eigenvalue weighted by Gasteiger charge is -2.02. The molecule has 0 amide bonds. The Kier molecular flexibility index (Phi) is 14.8. The summed E-state index contributed by atoms with van der Waals surface area (Å²) in [4.78, 5) is 0. The molecule has 0 rings (SSSR count). The molecule has 0 unspecified atom stereocenters. The zero-order valence-electron chi connectivity index (χ0n) is 11.0. The first kappa shape index (κ1) is 15.9. The summed E-state index contributed by atoms with van der Waals surface area (Å²) in [5.41, 5.74) is 0. The number of hydrogen-bond acceptors (Lipinski definition) is 2. The lowest BCUT2D eigenvalue weighted by molar-refractivity contribution is 0.143. The first-order chi connectivity index (χ1) is 7.91. The number of aliphatic hydroxyl groups excluding tert-OH is 1. The highest BCUT2D eigenvalue weighted by molar-refractivity contribution is 4.47. The number of ether oxygens (including phenoxy) is 1. The Hall–Kier alpha value is -0.0800. The van der Waals surface area contributed by atoms with E-state index in [1.54, 1.807) is 0 Å². The van der Waals surface area contributed by atoms with Crippen LogP contribution in [0, 0.1) is 0 Å². The maximum atomic E-state index is 8.62. The van der Waals surface area contributed by atoms with Crippen molar-refractivity contribution in [2.45, 2.75) is 71.1 Å². The quantitative estimate of drug-likeness (QED) is 0.486. The van der Waals surface area contributed by atoms with Crippen LogP contribution in [0.3, 0.4) is 0 Å². The highest BCUT2D eigenvalue weighted by Gasteiger charge is 1.92. The molecule has 0 fully saturated rings. The molecule has 0 aliphatic heterocycles. The molecule has 0 spiro atoms. The van der Waals surface area contributed by atoms with E-state index in [2.05, 4.69) is 6.92 Å². The Morgan fingerprint density at radius 3 is 1.56 bits per heavy atom. The molecule has 2 nitrogen and oxygen atoms in total. The van der Waals surface area contributed by atoms with Crippen LogP contribution < -0.4 is 0 Å². The Balaban J connectivity index is 2.83. The Labute approximate surface area is 101 Å². The Morgan fingerprint density at radius 1 is 0.688 bits per heavy atom. The van der Waals surface area contributed by atoms with Crippen molar-refractivity contribution in [1.82, 2.24) is 0 Å². The second-order valence-corrected chi connectivity index (χ2v) is 4.46. The van der Waals surface area contributed by atoms with Gasteiger partial charge in [0.1, 0.15) is 0 Å². The van der Waals surface area contributed by atoms with Crippen LogP contribution in [0.4, 0.5) is 0 Å². The van der Waals surface area contributed by atoms with Crippen LogP contribution in [0.15, 0.2) is 0 Å². The molecule has 1 N–H and O–H groups in total. The molecular weight excluding hydrogens is 200 g/mol. The molecule has 0 aromatic heterocycles. The van der Waals surface area contributed by atoms with Gasteiger partial charge >= 0.3 is 0 Å². The molecule has 0 bridgehead atoms. The Morgan fingerprint density at radius 2 is 1.12 bits per heavy atom. The van der Waals surface area contributed by atoms with Crippen molar-refractivity contribution in [2.75, 3.05) is 19.8 Å². The fraction of sp³-hybridized carbons (Fsp3) is 1.00. The van der Waals surface area contributed by atoms with Crippen LogP contribution in [0.25, 0.3) is 0 Å². The average Bonchev–Trinajstić information content (AvgIpc) is 2.31. The summed E-state index contributed by atoms with van der Waals surface area (Å²) in [6.45, 7) is 4.21. The van der Waals surface area contributed by atoms with Crippen LogP contribution >= 0.6 is 0 Å². The van der Waals surface area contributed by atoms with Crippen LogP contribution in [-0.4, -0.2) is 24.9 Å². The molecule has 0 aliphatic carbocycles. The first-order valence-electron chi connectivity index (χ1n) is 7.10. The van der Waals surface area contributed by atoms with Gasteiger partial charge in [0.05, 0.1) is 0 Å². The number of unbranched alkanes of at least 4 members (excludes halogenated alkanes) is 9. The fourth-order valence-corrected chi connectivity index (χ4v) is 1.87. The molecular formula is C14H30O2. The largest absolute Gasteiger partial charge is 0.396 e. The summed E-state index contributed by atoms with van der Waals surface area (Å²) in [5, 5.41) is 8.62. The van der Waals surface area contributed by atoms with E-state index in [0.717, 1.165) is 19.6 Å². The van der Waals surface area contributed by atoms with Gasteiger partial charge in [-0.15, -0.1) is 0 Å². The zero-order valence-corrected chi connectivity index (χ0v) is 11.0. The predicted molar refractivity (Wildman–Crippen MR) is 69.7 cm³/mol. The predicted octanol–water partition coefficient (Wildman–Crippen LogP) is 3.92. The number of aliphatic hydroxyl groups is 1. The maximum Gasteiger partial charge on any atom is 0.0465 e. The van der Waals surface area contributed by atoms with Crippen LogP contribution in [0.2, 0.25) is 0 Å². The SMILES string of the molecule is CCOCCCCCCCCCCCCO. The van der Waals surface area contributed by atoms with Gasteiger partial charge in [0, 0.05) is 19.8 Å². The van der Waals surface area contributed by atoms with E-state index in [9.17, 15) is 0 Å². The van der Waals surface area contributed by atoms with Gasteiger partial charge in [-0.05, 0) is 19.8 Å². The molecule has 0 aliphatic rings. The second-order valence-electron chi connectivity index (χ2n) is 4.46. The summed E-state index contributed by atoms with van der Waals surface area (Å²) in [7, 11) is 0. The van der Waals surface area contributed by atoms with Gasteiger partial charge in [0.15, 0.2) is 0 Å². The zero-order chi connectivity index (χ0) is 11.9. The third kappa shape index (κ3) is 13.9. The molecule has 0 aromatic carbocycles. The van der Waals surface area contributed by atoms with Gasteiger partial charge < -0.3 is 9.84 Å². The monoisotopic (exact) mass is 230 g/mol. The smallest absolute Gasteiger partial charge is 0.0465 e. The van der Waals surface area contributed by atoms with Gasteiger partial charge in [0.2, 0.25) is 0 Å². The van der Waals surface area contributed by atoms with Gasteiger partial charge in [-0.25, -0.2) is 0 Å². The minimum atomic E-state index is 0.361. The molecule has 98 valence electrons. The minimum absolute atomic E-state index is 0.361. The first-order valence-corrected chi connectivity index (χ1v) is 7.10. The molecule has 0 aromatic rings. The molecule has 0 saturated heterocycles. The highest BCUT2D eigenvalue weighted by atomic mass is 16.5. The molecule has 2 heteroatoms. The summed E-state index contributed by atoms with van der Waals surface area (Å²) in [6.07, 6.45) is 12.9. The van der Waals surface area contributed by atoms with Crippen molar-refractivity contribution in [3.05, 3.63) is 0 Å². The van der Waals surface area contributed by atoms with Crippen LogP contribution in [0.5, 0.6) is 0 Å². The fourth-order valence-electron chi connectivity index (χ4n) is 1.87. The van der Waals surface area contributed by atoms with Crippen molar-refractivity contribution in [1.29, 1.82) is 0 Å². The topological polar surface area (TPSA) is 29.5 Å². The van der Waals surface area contributed by atoms with E-state index < -0.39 is 0 Å². The molecule has 0 heterocycles. The van der Waals surface area contributed by atoms with Crippen LogP contribution in [-0.2, 0) is 4.74 Å². The van der Waals surface area contributed by atoms with E-state index in [0.29, 0.717) is 6.61 Å². The van der Waals surface area contributed by atoms with Crippen molar-refractivity contribution >= 4 is 0 Å². The minimum Gasteiger partial charge on any atom is -0.396 e. The maximum absolute atomic E-state index is 8.62. The summed E-state index contributed by atoms with van der Waals surface area (Å²) in [6, 6.07) is 0. The second kappa shape index (κ2) is 14.9. The van der Waals surface area contributed by atoms with E-state index >= 15 is 0 Å². The van der Waals surface area contributed by atoms with Gasteiger partial charge in [0.25, 0.3) is 0 Å². The summed E-state index contributed by atoms with van der Waals surface area (Å²) < 4.78 is 5.30. The van der Waals surface area contributed by atoms with Crippen molar-refractivity contribution in [3.63, 3.8) is 0 Å². The lowest BCUT2D eigenvalue weighted by Crippen LogP contribution is -1.92. The van der Waals surface area contributed by atoms with Crippen molar-refractivity contribution in [2.24, 2.45) is 0 Å². The van der Waals surface area contributed by atoms with E-state index in [4.69, 9.17) is 9.84 Å². The molecule has 0 atom stereocenters. The summed E-state index contributed by atoms with van der Waals surface area (Å²) in [5.74, 6) is 0. The summed E-state index contributed by atoms with van der Waals surface area (Å²) >= 11 is 0. The van der Waals surface area contributed by atoms with Gasteiger partial charge in [-0.1, -0.05) is 51.4 Å². The number of hydrogen-bond donors (Lipinski definition) is 1. The normalized spacial score (nSPS) is 10.9. The van der Waals surface area contributed by atoms with E-state index in [1.807, 2.05) is 0 Å². The highest BCUT2D eigenvalue weighted by Crippen LogP contribution is 2.10. The van der Waals surface area contributed by atoms with Crippen molar-refractivity contribution in [3.8, 4) is 0 Å². The molecule has 0 saturated carbocycles. The third-order valence-electron chi connectivity index (χ3n) is 2.90.